The molecule has 0 radical (unpaired) electrons. The molecule has 0 N–H and O–H groups in total. The average molecular weight is 294 g/mol. The monoisotopic (exact) mass is 294 g/mol. The second kappa shape index (κ2) is 5.40. The Labute approximate surface area is 126 Å². The van der Waals surface area contributed by atoms with Gasteiger partial charge in [-0.1, -0.05) is 13.5 Å². The number of carbonyl (C=O) groups is 1. The van der Waals surface area contributed by atoms with Gasteiger partial charge in [0, 0.05) is 19.1 Å². The Kier molecular flexibility index (Phi) is 3.87. The van der Waals surface area contributed by atoms with Crippen molar-refractivity contribution < 1.29 is 19.0 Å². The molecule has 4 fully saturated rings. The summed E-state index contributed by atoms with van der Waals surface area (Å²) in [6.07, 6.45) is 6.87. The van der Waals surface area contributed by atoms with Crippen molar-refractivity contribution in [3.8, 4) is 0 Å². The van der Waals surface area contributed by atoms with Gasteiger partial charge in [-0.05, 0) is 50.4 Å². The van der Waals surface area contributed by atoms with Gasteiger partial charge < -0.3 is 14.2 Å². The maximum atomic E-state index is 12.2. The van der Waals surface area contributed by atoms with Gasteiger partial charge in [-0.3, -0.25) is 0 Å². The van der Waals surface area contributed by atoms with Gasteiger partial charge in [-0.2, -0.15) is 0 Å². The molecule has 4 aliphatic rings. The van der Waals surface area contributed by atoms with Crippen LogP contribution < -0.4 is 0 Å². The molecule has 2 atom stereocenters. The van der Waals surface area contributed by atoms with Crippen molar-refractivity contribution in [2.45, 2.75) is 63.1 Å². The van der Waals surface area contributed by atoms with E-state index in [9.17, 15) is 4.79 Å². The van der Waals surface area contributed by atoms with Gasteiger partial charge in [0.25, 0.3) is 0 Å². The number of rotatable bonds is 6. The Morgan fingerprint density at radius 2 is 1.81 bits per heavy atom. The van der Waals surface area contributed by atoms with Gasteiger partial charge in [0.15, 0.2) is 0 Å². The zero-order valence-corrected chi connectivity index (χ0v) is 13.2. The maximum absolute atomic E-state index is 12.2. The third-order valence-electron chi connectivity index (χ3n) is 5.46. The molecule has 0 spiro atoms. The smallest absolute Gasteiger partial charge is 0.333 e. The van der Waals surface area contributed by atoms with Gasteiger partial charge in [-0.25, -0.2) is 4.79 Å². The molecule has 0 aromatic heterocycles. The van der Waals surface area contributed by atoms with Gasteiger partial charge >= 0.3 is 5.97 Å². The predicted molar refractivity (Wildman–Crippen MR) is 78.6 cm³/mol. The number of hydrogen-bond donors (Lipinski definition) is 0. The molecule has 118 valence electrons. The Bertz CT molecular complexity index is 428. The molecule has 0 heterocycles. The zero-order valence-electron chi connectivity index (χ0n) is 13.2. The number of methoxy groups -OCH3 is 1. The predicted octanol–water partition coefficient (Wildman–Crippen LogP) is 3.21. The van der Waals surface area contributed by atoms with Crippen LogP contribution in [0.3, 0.4) is 0 Å². The second-order valence-electron chi connectivity index (χ2n) is 7.22. The van der Waals surface area contributed by atoms with E-state index in [0.29, 0.717) is 30.6 Å². The molecule has 4 rings (SSSR count). The van der Waals surface area contributed by atoms with Crippen LogP contribution in [0, 0.1) is 11.8 Å². The first kappa shape index (κ1) is 15.0. The first-order valence-corrected chi connectivity index (χ1v) is 8.04. The fraction of sp³-hybridized carbons (Fsp3) is 0.824. The van der Waals surface area contributed by atoms with Crippen LogP contribution >= 0.6 is 0 Å². The molecule has 4 nitrogen and oxygen atoms in total. The summed E-state index contributed by atoms with van der Waals surface area (Å²) in [6, 6.07) is 0. The normalized spacial score (nSPS) is 40.3. The number of carbonyl (C=O) groups excluding carboxylic acids is 1. The fourth-order valence-electron chi connectivity index (χ4n) is 4.98. The fourth-order valence-corrected chi connectivity index (χ4v) is 4.98. The molecule has 0 aliphatic heterocycles. The summed E-state index contributed by atoms with van der Waals surface area (Å²) in [4.78, 5) is 12.2. The number of hydrogen-bond acceptors (Lipinski definition) is 4. The highest BCUT2D eigenvalue weighted by molar-refractivity contribution is 5.87. The Morgan fingerprint density at radius 1 is 1.19 bits per heavy atom. The van der Waals surface area contributed by atoms with Crippen LogP contribution in [0.4, 0.5) is 0 Å². The molecule has 21 heavy (non-hydrogen) atoms. The second-order valence-corrected chi connectivity index (χ2v) is 7.22. The van der Waals surface area contributed by atoms with Gasteiger partial charge in [0.05, 0.1) is 5.60 Å². The molecular formula is C17H26O4. The largest absolute Gasteiger partial charge is 0.456 e. The molecule has 0 saturated heterocycles. The zero-order chi connectivity index (χ0) is 15.1. The maximum Gasteiger partial charge on any atom is 0.333 e. The first-order chi connectivity index (χ1) is 10.00. The lowest BCUT2D eigenvalue weighted by atomic mass is 9.52. The third kappa shape index (κ3) is 2.76. The number of esters is 1. The van der Waals surface area contributed by atoms with Gasteiger partial charge in [-0.15, -0.1) is 0 Å². The van der Waals surface area contributed by atoms with Crippen LogP contribution in [0.25, 0.3) is 0 Å². The molecule has 0 aromatic rings. The number of ether oxygens (including phenoxy) is 3. The van der Waals surface area contributed by atoms with Crippen molar-refractivity contribution in [1.29, 1.82) is 0 Å². The van der Waals surface area contributed by atoms with Crippen molar-refractivity contribution in [2.24, 2.45) is 11.8 Å². The van der Waals surface area contributed by atoms with E-state index in [4.69, 9.17) is 14.2 Å². The van der Waals surface area contributed by atoms with Crippen LogP contribution in [0.5, 0.6) is 0 Å². The molecule has 0 aromatic carbocycles. The van der Waals surface area contributed by atoms with Crippen molar-refractivity contribution in [3.63, 3.8) is 0 Å². The summed E-state index contributed by atoms with van der Waals surface area (Å²) in [5.41, 5.74) is 0.0959. The minimum absolute atomic E-state index is 0.145. The van der Waals surface area contributed by atoms with Crippen LogP contribution in [-0.4, -0.2) is 31.1 Å². The lowest BCUT2D eigenvalue weighted by molar-refractivity contribution is -0.250. The molecular weight excluding hydrogens is 268 g/mol. The lowest BCUT2D eigenvalue weighted by Crippen LogP contribution is -2.61. The highest BCUT2D eigenvalue weighted by Gasteiger charge is 2.60. The molecule has 4 saturated carbocycles. The molecule has 4 aliphatic carbocycles. The SMILES string of the molecule is C=C(CC)C(=O)OC12CC3CC(CC(OCOC)(C3)C1)C2. The van der Waals surface area contributed by atoms with Crippen molar-refractivity contribution >= 4 is 5.97 Å². The summed E-state index contributed by atoms with van der Waals surface area (Å²) in [7, 11) is 1.65. The van der Waals surface area contributed by atoms with E-state index in [1.807, 2.05) is 6.92 Å². The van der Waals surface area contributed by atoms with Crippen LogP contribution in [0.2, 0.25) is 0 Å². The third-order valence-corrected chi connectivity index (χ3v) is 5.46. The van der Waals surface area contributed by atoms with Gasteiger partial charge in [0.2, 0.25) is 0 Å². The Morgan fingerprint density at radius 3 is 2.38 bits per heavy atom. The first-order valence-electron chi connectivity index (χ1n) is 8.04. The van der Waals surface area contributed by atoms with E-state index in [1.165, 1.54) is 6.42 Å². The average Bonchev–Trinajstić information content (AvgIpc) is 2.42. The topological polar surface area (TPSA) is 44.8 Å². The molecule has 4 bridgehead atoms. The minimum Gasteiger partial charge on any atom is -0.456 e. The van der Waals surface area contributed by atoms with Crippen molar-refractivity contribution in [2.75, 3.05) is 13.9 Å². The highest BCUT2D eigenvalue weighted by Crippen LogP contribution is 2.60. The summed E-state index contributed by atoms with van der Waals surface area (Å²) in [5, 5.41) is 0. The van der Waals surface area contributed by atoms with Crippen molar-refractivity contribution in [3.05, 3.63) is 12.2 Å². The standard InChI is InChI=1S/C17H26O4/c1-4-12(2)15(18)21-17-8-13-5-14(9-17)7-16(6-13,10-17)20-11-19-3/h13-14H,2,4-11H2,1,3H3. The molecule has 4 heteroatoms. The summed E-state index contributed by atoms with van der Waals surface area (Å²) < 4.78 is 17.1. The molecule has 0 amide bonds. The van der Waals surface area contributed by atoms with Gasteiger partial charge in [0.1, 0.15) is 12.4 Å². The lowest BCUT2D eigenvalue weighted by Gasteiger charge is -2.60. The van der Waals surface area contributed by atoms with Crippen LogP contribution in [-0.2, 0) is 19.0 Å². The van der Waals surface area contributed by atoms with E-state index < -0.39 is 0 Å². The van der Waals surface area contributed by atoms with Crippen molar-refractivity contribution in [1.82, 2.24) is 0 Å². The summed E-state index contributed by atoms with van der Waals surface area (Å²) in [5.74, 6) is 1.01. The van der Waals surface area contributed by atoms with E-state index >= 15 is 0 Å². The Balaban J connectivity index is 1.77. The van der Waals surface area contributed by atoms with E-state index in [1.54, 1.807) is 7.11 Å². The summed E-state index contributed by atoms with van der Waals surface area (Å²) >= 11 is 0. The minimum atomic E-state index is -0.326. The van der Waals surface area contributed by atoms with Crippen LogP contribution in [0.15, 0.2) is 12.2 Å². The summed E-state index contributed by atoms with van der Waals surface area (Å²) in [6.45, 7) is 6.07. The van der Waals surface area contributed by atoms with E-state index in [-0.39, 0.29) is 17.2 Å². The quantitative estimate of drug-likeness (QED) is 0.429. The van der Waals surface area contributed by atoms with E-state index in [0.717, 1.165) is 32.1 Å². The highest BCUT2D eigenvalue weighted by atomic mass is 16.7. The Hall–Kier alpha value is -0.870. The van der Waals surface area contributed by atoms with E-state index in [2.05, 4.69) is 6.58 Å². The molecule has 2 unspecified atom stereocenters. The van der Waals surface area contributed by atoms with Crippen LogP contribution in [0.1, 0.15) is 51.9 Å².